The lowest BCUT2D eigenvalue weighted by Gasteiger charge is -2.37. The van der Waals surface area contributed by atoms with E-state index in [2.05, 4.69) is 0 Å². The zero-order valence-corrected chi connectivity index (χ0v) is 14.5. The number of fused-ring (bicyclic) bond motifs is 1. The topological polar surface area (TPSA) is 95.0 Å². The Morgan fingerprint density at radius 2 is 1.81 bits per heavy atom. The van der Waals surface area contributed by atoms with Gasteiger partial charge in [0.25, 0.3) is 5.91 Å². The molecule has 1 saturated heterocycles. The largest absolute Gasteiger partial charge is 0.480 e. The smallest absolute Gasteiger partial charge is 0.326 e. The minimum atomic E-state index is -1.09. The first-order valence-electron chi connectivity index (χ1n) is 8.68. The van der Waals surface area contributed by atoms with Crippen LogP contribution in [0.3, 0.4) is 0 Å². The molecule has 0 spiro atoms. The lowest BCUT2D eigenvalue weighted by Crippen LogP contribution is -2.56. The predicted octanol–water partition coefficient (Wildman–Crippen LogP) is 1.52. The van der Waals surface area contributed by atoms with Crippen molar-refractivity contribution in [1.82, 2.24) is 4.90 Å². The molecule has 2 aliphatic heterocycles. The Kier molecular flexibility index (Phi) is 5.34. The number of benzene rings is 1. The number of aliphatic carboxylic acids is 1. The van der Waals surface area contributed by atoms with E-state index in [-0.39, 0.29) is 24.4 Å². The van der Waals surface area contributed by atoms with Crippen LogP contribution in [0.4, 0.5) is 10.1 Å². The van der Waals surface area contributed by atoms with Crippen LogP contribution < -0.4 is 4.90 Å². The van der Waals surface area contributed by atoms with Crippen LogP contribution in [0.15, 0.2) is 36.4 Å². The fourth-order valence-electron chi connectivity index (χ4n) is 3.78. The third kappa shape index (κ3) is 3.60. The van der Waals surface area contributed by atoms with Gasteiger partial charge in [-0.2, -0.15) is 0 Å². The SMILES string of the molecule is O=CC(=O)N(c1ccc(F)cc1)[C@H]1C/C=C\C[C@@H]2CC[C@@H](C(=O)O)N2C1=O. The molecule has 0 unspecified atom stereocenters. The standard InChI is InChI=1S/C19H19FN2O5/c20-12-5-7-14(8-6-12)21(17(24)11-23)15-4-2-1-3-13-9-10-16(19(26)27)22(13)18(15)25/h1-2,5-8,11,13,15-16H,3-4,9-10H2,(H,26,27)/b2-1-/t13-,15+,16+/m1/s1. The number of carboxylic acid groups (broad SMARTS) is 1. The number of hydrogen-bond donors (Lipinski definition) is 1. The van der Waals surface area contributed by atoms with Crippen molar-refractivity contribution < 1.29 is 28.7 Å². The quantitative estimate of drug-likeness (QED) is 0.490. The first-order valence-corrected chi connectivity index (χ1v) is 8.68. The summed E-state index contributed by atoms with van der Waals surface area (Å²) in [4.78, 5) is 50.7. The molecule has 27 heavy (non-hydrogen) atoms. The first kappa shape index (κ1) is 18.8. The highest BCUT2D eigenvalue weighted by Crippen LogP contribution is 2.32. The van der Waals surface area contributed by atoms with Gasteiger partial charge in [-0.15, -0.1) is 0 Å². The molecule has 7 nitrogen and oxygen atoms in total. The van der Waals surface area contributed by atoms with E-state index in [4.69, 9.17) is 0 Å². The molecule has 0 bridgehead atoms. The Balaban J connectivity index is 2.03. The number of amides is 2. The summed E-state index contributed by atoms with van der Waals surface area (Å²) < 4.78 is 13.3. The summed E-state index contributed by atoms with van der Waals surface area (Å²) >= 11 is 0. The van der Waals surface area contributed by atoms with E-state index in [0.717, 1.165) is 17.0 Å². The number of hydrogen-bond acceptors (Lipinski definition) is 4. The van der Waals surface area contributed by atoms with Gasteiger partial charge in [0.15, 0.2) is 0 Å². The van der Waals surface area contributed by atoms with Crippen molar-refractivity contribution in [2.24, 2.45) is 0 Å². The van der Waals surface area contributed by atoms with Gasteiger partial charge in [-0.25, -0.2) is 9.18 Å². The van der Waals surface area contributed by atoms with Gasteiger partial charge in [0.1, 0.15) is 17.9 Å². The summed E-state index contributed by atoms with van der Waals surface area (Å²) in [5, 5.41) is 9.47. The zero-order valence-electron chi connectivity index (χ0n) is 14.5. The maximum Gasteiger partial charge on any atom is 0.326 e. The summed E-state index contributed by atoms with van der Waals surface area (Å²) in [7, 11) is 0. The van der Waals surface area contributed by atoms with Crippen molar-refractivity contribution in [3.63, 3.8) is 0 Å². The number of carboxylic acids is 1. The van der Waals surface area contributed by atoms with E-state index in [9.17, 15) is 28.7 Å². The Morgan fingerprint density at radius 3 is 2.44 bits per heavy atom. The van der Waals surface area contributed by atoms with Crippen molar-refractivity contribution in [3.8, 4) is 0 Å². The molecule has 0 aromatic heterocycles. The highest BCUT2D eigenvalue weighted by molar-refractivity contribution is 6.31. The molecule has 2 aliphatic rings. The minimum absolute atomic E-state index is 0.0925. The van der Waals surface area contributed by atoms with E-state index >= 15 is 0 Å². The van der Waals surface area contributed by atoms with Crippen molar-refractivity contribution >= 4 is 29.8 Å². The third-order valence-electron chi connectivity index (χ3n) is 5.02. The first-order chi connectivity index (χ1) is 12.9. The van der Waals surface area contributed by atoms with Crippen LogP contribution in [0, 0.1) is 5.82 Å². The van der Waals surface area contributed by atoms with E-state index in [1.807, 2.05) is 6.08 Å². The average Bonchev–Trinajstić information content (AvgIpc) is 3.06. The molecule has 1 aromatic carbocycles. The van der Waals surface area contributed by atoms with Gasteiger partial charge in [-0.1, -0.05) is 12.2 Å². The molecule has 0 radical (unpaired) electrons. The molecular formula is C19H19FN2O5. The van der Waals surface area contributed by atoms with Crippen molar-refractivity contribution in [1.29, 1.82) is 0 Å². The molecule has 0 aliphatic carbocycles. The Hall–Kier alpha value is -3.03. The Bertz CT molecular complexity index is 792. The van der Waals surface area contributed by atoms with Crippen LogP contribution in [0.1, 0.15) is 25.7 Å². The Labute approximate surface area is 155 Å². The predicted molar refractivity (Wildman–Crippen MR) is 93.4 cm³/mol. The van der Waals surface area contributed by atoms with E-state index < -0.39 is 35.7 Å². The molecule has 1 fully saturated rings. The number of carbonyl (C=O) groups excluding carboxylic acids is 3. The van der Waals surface area contributed by atoms with Crippen molar-refractivity contribution in [2.75, 3.05) is 4.90 Å². The highest BCUT2D eigenvalue weighted by Gasteiger charge is 2.45. The maximum atomic E-state index is 13.3. The zero-order chi connectivity index (χ0) is 19.6. The summed E-state index contributed by atoms with van der Waals surface area (Å²) in [6, 6.07) is 2.57. The van der Waals surface area contributed by atoms with Crippen molar-refractivity contribution in [3.05, 3.63) is 42.2 Å². The van der Waals surface area contributed by atoms with Gasteiger partial charge in [0.2, 0.25) is 12.2 Å². The number of halogens is 1. The fraction of sp³-hybridized carbons (Fsp3) is 0.368. The van der Waals surface area contributed by atoms with Gasteiger partial charge < -0.3 is 10.0 Å². The molecule has 3 atom stereocenters. The molecule has 1 N–H and O–H groups in total. The van der Waals surface area contributed by atoms with Gasteiger partial charge >= 0.3 is 5.97 Å². The lowest BCUT2D eigenvalue weighted by atomic mass is 10.0. The van der Waals surface area contributed by atoms with Gasteiger partial charge in [0, 0.05) is 11.7 Å². The van der Waals surface area contributed by atoms with Crippen LogP contribution in [0.25, 0.3) is 0 Å². The normalized spacial score (nSPS) is 25.9. The summed E-state index contributed by atoms with van der Waals surface area (Å²) in [6.07, 6.45) is 5.27. The number of anilines is 1. The average molecular weight is 374 g/mol. The summed E-state index contributed by atoms with van der Waals surface area (Å²) in [5.41, 5.74) is 0.198. The molecule has 1 aromatic rings. The molecular weight excluding hydrogens is 355 g/mol. The maximum absolute atomic E-state index is 13.3. The lowest BCUT2D eigenvalue weighted by molar-refractivity contribution is -0.150. The molecule has 8 heteroatoms. The molecule has 0 saturated carbocycles. The second-order valence-electron chi connectivity index (χ2n) is 6.59. The van der Waals surface area contributed by atoms with Crippen LogP contribution in [0.5, 0.6) is 0 Å². The van der Waals surface area contributed by atoms with Crippen LogP contribution in [-0.2, 0) is 19.2 Å². The van der Waals surface area contributed by atoms with E-state index in [1.54, 1.807) is 6.08 Å². The van der Waals surface area contributed by atoms with Crippen molar-refractivity contribution in [2.45, 2.75) is 43.8 Å². The van der Waals surface area contributed by atoms with Crippen LogP contribution >= 0.6 is 0 Å². The van der Waals surface area contributed by atoms with Gasteiger partial charge in [-0.05, 0) is 49.9 Å². The molecule has 3 rings (SSSR count). The summed E-state index contributed by atoms with van der Waals surface area (Å²) in [5.74, 6) is -3.08. The third-order valence-corrected chi connectivity index (χ3v) is 5.02. The monoisotopic (exact) mass is 374 g/mol. The minimum Gasteiger partial charge on any atom is -0.480 e. The van der Waals surface area contributed by atoms with Crippen LogP contribution in [0.2, 0.25) is 0 Å². The second kappa shape index (κ2) is 7.69. The van der Waals surface area contributed by atoms with Gasteiger partial charge in [-0.3, -0.25) is 19.3 Å². The number of carbonyl (C=O) groups is 4. The summed E-state index contributed by atoms with van der Waals surface area (Å²) in [6.45, 7) is 0. The van der Waals surface area contributed by atoms with E-state index in [0.29, 0.717) is 19.3 Å². The molecule has 2 heterocycles. The molecule has 142 valence electrons. The number of rotatable bonds is 4. The number of aldehydes is 1. The fourth-order valence-corrected chi connectivity index (χ4v) is 3.78. The van der Waals surface area contributed by atoms with E-state index in [1.165, 1.54) is 17.0 Å². The van der Waals surface area contributed by atoms with Crippen LogP contribution in [-0.4, -0.2) is 52.2 Å². The second-order valence-corrected chi connectivity index (χ2v) is 6.59. The number of nitrogens with zero attached hydrogens (tertiary/aromatic N) is 2. The highest BCUT2D eigenvalue weighted by atomic mass is 19.1. The van der Waals surface area contributed by atoms with Gasteiger partial charge in [0.05, 0.1) is 0 Å². The Morgan fingerprint density at radius 1 is 1.15 bits per heavy atom. The molecule has 2 amide bonds.